The lowest BCUT2D eigenvalue weighted by molar-refractivity contribution is -0.143. The number of aryl methyl sites for hydroxylation is 1. The van der Waals surface area contributed by atoms with Gasteiger partial charge in [0.15, 0.2) is 5.78 Å². The highest BCUT2D eigenvalue weighted by molar-refractivity contribution is 5.99. The molecule has 120 valence electrons. The van der Waals surface area contributed by atoms with Crippen molar-refractivity contribution in [3.63, 3.8) is 0 Å². The van der Waals surface area contributed by atoms with E-state index in [1.54, 1.807) is 0 Å². The molecule has 1 N–H and O–H groups in total. The van der Waals surface area contributed by atoms with Gasteiger partial charge in [0, 0.05) is 30.0 Å². The van der Waals surface area contributed by atoms with E-state index in [0.717, 1.165) is 29.9 Å². The molecule has 0 aromatic carbocycles. The Kier molecular flexibility index (Phi) is 5.19. The molecule has 0 bridgehead atoms. The summed E-state index contributed by atoms with van der Waals surface area (Å²) in [6, 6.07) is 1.92. The summed E-state index contributed by atoms with van der Waals surface area (Å²) in [6.45, 7) is 9.91. The molecular weight excluding hydrogens is 280 g/mol. The molecule has 1 fully saturated rings. The molecule has 1 unspecified atom stereocenters. The first-order valence-corrected chi connectivity index (χ1v) is 7.70. The molecule has 1 atom stereocenters. The second-order valence-corrected chi connectivity index (χ2v) is 6.02. The van der Waals surface area contributed by atoms with Crippen molar-refractivity contribution in [1.29, 1.82) is 0 Å². The molecule has 0 amide bonds. The van der Waals surface area contributed by atoms with Crippen LogP contribution in [0.5, 0.6) is 0 Å². The summed E-state index contributed by atoms with van der Waals surface area (Å²) < 4.78 is 2.07. The molecule has 0 aliphatic carbocycles. The van der Waals surface area contributed by atoms with Gasteiger partial charge in [-0.3, -0.25) is 14.5 Å². The fourth-order valence-electron chi connectivity index (χ4n) is 3.18. The van der Waals surface area contributed by atoms with Crippen LogP contribution in [0.4, 0.5) is 0 Å². The highest BCUT2D eigenvalue weighted by Gasteiger charge is 2.27. The minimum Gasteiger partial charge on any atom is -0.481 e. The lowest BCUT2D eigenvalue weighted by Crippen LogP contribution is -2.41. The first-order chi connectivity index (χ1) is 10.4. The monoisotopic (exact) mass is 304 g/mol. The standard InChI is InChI=1S/C17H24N2O3/c1-4-7-19-12(2)9-15(13(19)3)16(20)11-18-8-5-6-14(10-18)17(21)22/h4,9,14H,1,5-8,10-11H2,2-3H3,(H,21,22). The van der Waals surface area contributed by atoms with E-state index in [1.165, 1.54) is 0 Å². The Hall–Kier alpha value is -1.88. The number of aliphatic carboxylic acids is 1. The molecule has 0 radical (unpaired) electrons. The summed E-state index contributed by atoms with van der Waals surface area (Å²) in [6.07, 6.45) is 3.35. The van der Waals surface area contributed by atoms with Crippen molar-refractivity contribution < 1.29 is 14.7 Å². The van der Waals surface area contributed by atoms with Gasteiger partial charge in [0.1, 0.15) is 0 Å². The number of carbonyl (C=O) groups excluding carboxylic acids is 1. The number of carboxylic acid groups (broad SMARTS) is 1. The molecule has 1 aliphatic heterocycles. The van der Waals surface area contributed by atoms with Gasteiger partial charge in [-0.15, -0.1) is 6.58 Å². The van der Waals surface area contributed by atoms with Crippen molar-refractivity contribution in [1.82, 2.24) is 9.47 Å². The van der Waals surface area contributed by atoms with E-state index in [4.69, 9.17) is 5.11 Å². The summed E-state index contributed by atoms with van der Waals surface area (Å²) in [5, 5.41) is 9.13. The summed E-state index contributed by atoms with van der Waals surface area (Å²) >= 11 is 0. The first kappa shape index (κ1) is 16.5. The van der Waals surface area contributed by atoms with Crippen molar-refractivity contribution in [3.05, 3.63) is 35.7 Å². The average molecular weight is 304 g/mol. The van der Waals surface area contributed by atoms with Crippen LogP contribution in [0.3, 0.4) is 0 Å². The number of Topliss-reactive ketones (excluding diaryl/α,β-unsaturated/α-hetero) is 1. The Morgan fingerprint density at radius 3 is 2.82 bits per heavy atom. The topological polar surface area (TPSA) is 62.5 Å². The summed E-state index contributed by atoms with van der Waals surface area (Å²) in [4.78, 5) is 25.6. The molecule has 2 rings (SSSR count). The van der Waals surface area contributed by atoms with Crippen LogP contribution in [0.25, 0.3) is 0 Å². The lowest BCUT2D eigenvalue weighted by Gasteiger charge is -2.29. The smallest absolute Gasteiger partial charge is 0.307 e. The molecule has 1 aromatic rings. The molecule has 0 spiro atoms. The van der Waals surface area contributed by atoms with E-state index < -0.39 is 5.97 Å². The highest BCUT2D eigenvalue weighted by atomic mass is 16.4. The summed E-state index contributed by atoms with van der Waals surface area (Å²) in [7, 11) is 0. The Bertz CT molecular complexity index is 589. The van der Waals surface area contributed by atoms with Gasteiger partial charge in [-0.1, -0.05) is 6.08 Å². The van der Waals surface area contributed by atoms with Gasteiger partial charge < -0.3 is 9.67 Å². The van der Waals surface area contributed by atoms with E-state index >= 15 is 0 Å². The number of hydrogen-bond donors (Lipinski definition) is 1. The number of likely N-dealkylation sites (tertiary alicyclic amines) is 1. The van der Waals surface area contributed by atoms with Crippen LogP contribution in [0.2, 0.25) is 0 Å². The number of carboxylic acids is 1. The van der Waals surface area contributed by atoms with Crippen LogP contribution in [-0.2, 0) is 11.3 Å². The third-order valence-corrected chi connectivity index (χ3v) is 4.41. The molecule has 1 aromatic heterocycles. The van der Waals surface area contributed by atoms with Gasteiger partial charge in [-0.2, -0.15) is 0 Å². The highest BCUT2D eigenvalue weighted by Crippen LogP contribution is 2.19. The molecule has 0 saturated carbocycles. The van der Waals surface area contributed by atoms with Crippen LogP contribution in [0.15, 0.2) is 18.7 Å². The predicted octanol–water partition coefficient (Wildman–Crippen LogP) is 2.27. The van der Waals surface area contributed by atoms with Crippen LogP contribution in [0.1, 0.15) is 34.6 Å². The zero-order valence-corrected chi connectivity index (χ0v) is 13.3. The van der Waals surface area contributed by atoms with Gasteiger partial charge in [-0.05, 0) is 39.3 Å². The van der Waals surface area contributed by atoms with E-state index in [-0.39, 0.29) is 11.7 Å². The zero-order chi connectivity index (χ0) is 16.3. The van der Waals surface area contributed by atoms with E-state index in [0.29, 0.717) is 26.1 Å². The van der Waals surface area contributed by atoms with Gasteiger partial charge in [-0.25, -0.2) is 0 Å². The molecule has 5 nitrogen and oxygen atoms in total. The van der Waals surface area contributed by atoms with Crippen LogP contribution in [0, 0.1) is 19.8 Å². The van der Waals surface area contributed by atoms with Crippen molar-refractivity contribution in [2.45, 2.75) is 33.2 Å². The molecule has 1 aliphatic rings. The second kappa shape index (κ2) is 6.92. The maximum atomic E-state index is 12.6. The molecular formula is C17H24N2O3. The Labute approximate surface area is 131 Å². The largest absolute Gasteiger partial charge is 0.481 e. The number of hydrogen-bond acceptors (Lipinski definition) is 3. The minimum absolute atomic E-state index is 0.0643. The fourth-order valence-corrected chi connectivity index (χ4v) is 3.18. The Balaban J connectivity index is 2.07. The van der Waals surface area contributed by atoms with Crippen LogP contribution < -0.4 is 0 Å². The normalized spacial score (nSPS) is 19.1. The lowest BCUT2D eigenvalue weighted by atomic mass is 9.98. The number of aromatic nitrogens is 1. The number of piperidine rings is 1. The number of rotatable bonds is 6. The third kappa shape index (κ3) is 3.47. The maximum Gasteiger partial charge on any atom is 0.307 e. The van der Waals surface area contributed by atoms with E-state index in [2.05, 4.69) is 11.1 Å². The van der Waals surface area contributed by atoms with Crippen LogP contribution in [-0.4, -0.2) is 46.0 Å². The van der Waals surface area contributed by atoms with Gasteiger partial charge >= 0.3 is 5.97 Å². The molecule has 1 saturated heterocycles. The zero-order valence-electron chi connectivity index (χ0n) is 13.3. The van der Waals surface area contributed by atoms with Crippen molar-refractivity contribution in [2.24, 2.45) is 5.92 Å². The number of nitrogens with zero attached hydrogens (tertiary/aromatic N) is 2. The van der Waals surface area contributed by atoms with E-state index in [9.17, 15) is 9.59 Å². The summed E-state index contributed by atoms with van der Waals surface area (Å²) in [5.74, 6) is -1.05. The van der Waals surface area contributed by atoms with Gasteiger partial charge in [0.05, 0.1) is 12.5 Å². The minimum atomic E-state index is -0.763. The Morgan fingerprint density at radius 2 is 2.18 bits per heavy atom. The molecule has 22 heavy (non-hydrogen) atoms. The van der Waals surface area contributed by atoms with Crippen molar-refractivity contribution in [2.75, 3.05) is 19.6 Å². The van der Waals surface area contributed by atoms with Crippen molar-refractivity contribution >= 4 is 11.8 Å². The second-order valence-electron chi connectivity index (χ2n) is 6.02. The SMILES string of the molecule is C=CCn1c(C)cc(C(=O)CN2CCCC(C(=O)O)C2)c1C. The quantitative estimate of drug-likeness (QED) is 0.647. The van der Waals surface area contributed by atoms with Crippen molar-refractivity contribution in [3.8, 4) is 0 Å². The Morgan fingerprint density at radius 1 is 1.45 bits per heavy atom. The molecule has 5 heteroatoms. The van der Waals surface area contributed by atoms with E-state index in [1.807, 2.05) is 30.9 Å². The maximum absolute atomic E-state index is 12.6. The number of ketones is 1. The fraction of sp³-hybridized carbons (Fsp3) is 0.529. The number of allylic oxidation sites excluding steroid dienone is 1. The summed E-state index contributed by atoms with van der Waals surface area (Å²) in [5.41, 5.74) is 2.73. The van der Waals surface area contributed by atoms with Crippen LogP contribution >= 0.6 is 0 Å². The number of carbonyl (C=O) groups is 2. The predicted molar refractivity (Wildman–Crippen MR) is 85.2 cm³/mol. The third-order valence-electron chi connectivity index (χ3n) is 4.41. The molecule has 2 heterocycles. The van der Waals surface area contributed by atoms with Gasteiger partial charge in [0.2, 0.25) is 0 Å². The van der Waals surface area contributed by atoms with Gasteiger partial charge in [0.25, 0.3) is 0 Å². The average Bonchev–Trinajstić information content (AvgIpc) is 2.76. The first-order valence-electron chi connectivity index (χ1n) is 7.70.